The number of aliphatic hydroxyl groups excluding tert-OH is 1. The van der Waals surface area contributed by atoms with Crippen LogP contribution in [0.25, 0.3) is 10.9 Å². The molecule has 1 aliphatic rings. The minimum atomic E-state index is 0.199. The van der Waals surface area contributed by atoms with Crippen LogP contribution >= 0.6 is 11.6 Å². The van der Waals surface area contributed by atoms with Gasteiger partial charge in [0.05, 0.1) is 22.3 Å². The summed E-state index contributed by atoms with van der Waals surface area (Å²) in [6.45, 7) is 5.69. The first-order valence-electron chi connectivity index (χ1n) is 8.67. The molecule has 0 bridgehead atoms. The lowest BCUT2D eigenvalue weighted by Crippen LogP contribution is -2.37. The molecule has 1 aromatic heterocycles. The minimum Gasteiger partial charge on any atom is -0.396 e. The molecule has 0 atom stereocenters. The third-order valence-electron chi connectivity index (χ3n) is 4.71. The lowest BCUT2D eigenvalue weighted by atomic mass is 10.1. The molecule has 0 amide bonds. The fourth-order valence-electron chi connectivity index (χ4n) is 3.28. The van der Waals surface area contributed by atoms with Crippen molar-refractivity contribution in [3.05, 3.63) is 40.5 Å². The van der Waals surface area contributed by atoms with Gasteiger partial charge in [0, 0.05) is 38.2 Å². The molecule has 1 fully saturated rings. The van der Waals surface area contributed by atoms with Gasteiger partial charge in [0.2, 0.25) is 0 Å². The largest absolute Gasteiger partial charge is 0.396 e. The van der Waals surface area contributed by atoms with Crippen LogP contribution in [-0.4, -0.2) is 47.4 Å². The van der Waals surface area contributed by atoms with Crippen LogP contribution in [0.2, 0.25) is 5.02 Å². The van der Waals surface area contributed by atoms with E-state index in [-0.39, 0.29) is 6.61 Å². The van der Waals surface area contributed by atoms with Crippen molar-refractivity contribution in [3.8, 4) is 0 Å². The number of aromatic nitrogens is 1. The van der Waals surface area contributed by atoms with Gasteiger partial charge >= 0.3 is 0 Å². The number of hydrogen-bond acceptors (Lipinski definition) is 4. The molecular weight excluding hydrogens is 324 g/mol. The molecule has 0 radical (unpaired) electrons. The molecule has 0 spiro atoms. The van der Waals surface area contributed by atoms with E-state index in [2.05, 4.69) is 17.9 Å². The van der Waals surface area contributed by atoms with Crippen LogP contribution in [-0.2, 0) is 11.3 Å². The number of para-hydroxylation sites is 1. The third-order valence-corrected chi connectivity index (χ3v) is 5.21. The number of fused-ring (bicyclic) bond motifs is 1. The van der Waals surface area contributed by atoms with Gasteiger partial charge in [-0.2, -0.15) is 0 Å². The molecular formula is C19H25ClN2O2. The predicted octanol–water partition coefficient (Wildman–Crippen LogP) is 3.56. The van der Waals surface area contributed by atoms with Gasteiger partial charge in [0.1, 0.15) is 0 Å². The Bertz CT molecular complexity index is 684. The first kappa shape index (κ1) is 17.6. The number of aliphatic hydroxyl groups is 1. The van der Waals surface area contributed by atoms with Crippen molar-refractivity contribution in [2.75, 3.05) is 26.3 Å². The van der Waals surface area contributed by atoms with Crippen molar-refractivity contribution in [2.24, 2.45) is 0 Å². The van der Waals surface area contributed by atoms with Gasteiger partial charge in [-0.15, -0.1) is 0 Å². The normalized spacial score (nSPS) is 16.8. The highest BCUT2D eigenvalue weighted by Crippen LogP contribution is 2.28. The Morgan fingerprint density at radius 3 is 2.79 bits per heavy atom. The number of ether oxygens (including phenoxy) is 1. The summed E-state index contributed by atoms with van der Waals surface area (Å²) in [5.41, 5.74) is 3.09. The molecule has 0 saturated carbocycles. The summed E-state index contributed by atoms with van der Waals surface area (Å²) in [5, 5.41) is 10.7. The average Bonchev–Trinajstić information content (AvgIpc) is 2.61. The van der Waals surface area contributed by atoms with Crippen LogP contribution in [0.15, 0.2) is 24.3 Å². The maximum atomic E-state index is 8.82. The highest BCUT2D eigenvalue weighted by molar-refractivity contribution is 6.32. The van der Waals surface area contributed by atoms with E-state index in [1.165, 1.54) is 0 Å². The van der Waals surface area contributed by atoms with E-state index >= 15 is 0 Å². The summed E-state index contributed by atoms with van der Waals surface area (Å²) in [7, 11) is 0. The average molecular weight is 349 g/mol. The number of pyridine rings is 1. The molecule has 130 valence electrons. The van der Waals surface area contributed by atoms with E-state index in [4.69, 9.17) is 26.4 Å². The molecule has 0 unspecified atom stereocenters. The molecule has 2 heterocycles. The minimum absolute atomic E-state index is 0.199. The second-order valence-corrected chi connectivity index (χ2v) is 6.82. The standard InChI is InChI=1S/C19H25ClN2O2/c1-14-16-5-2-3-6-17(16)21-18(19(14)20)13-22-9-7-15(8-10-22)24-12-4-11-23/h2-3,5-6,15,23H,4,7-13H2,1H3. The van der Waals surface area contributed by atoms with Crippen molar-refractivity contribution in [1.29, 1.82) is 0 Å². The smallest absolute Gasteiger partial charge is 0.0740 e. The summed E-state index contributed by atoms with van der Waals surface area (Å²) in [6, 6.07) is 8.15. The lowest BCUT2D eigenvalue weighted by Gasteiger charge is -2.32. The Labute approximate surface area is 148 Å². The number of piperidine rings is 1. The van der Waals surface area contributed by atoms with Gasteiger partial charge in [-0.1, -0.05) is 29.8 Å². The van der Waals surface area contributed by atoms with Crippen molar-refractivity contribution in [3.63, 3.8) is 0 Å². The van der Waals surface area contributed by atoms with E-state index in [0.29, 0.717) is 12.7 Å². The number of nitrogens with zero attached hydrogens (tertiary/aromatic N) is 2. The highest BCUT2D eigenvalue weighted by atomic mass is 35.5. The molecule has 1 N–H and O–H groups in total. The Hall–Kier alpha value is -1.20. The quantitative estimate of drug-likeness (QED) is 0.811. The number of likely N-dealkylation sites (tertiary alicyclic amines) is 1. The number of benzene rings is 1. The van der Waals surface area contributed by atoms with E-state index in [1.54, 1.807) is 0 Å². The Morgan fingerprint density at radius 1 is 1.29 bits per heavy atom. The number of halogens is 1. The van der Waals surface area contributed by atoms with Gasteiger partial charge in [-0.25, -0.2) is 4.98 Å². The monoisotopic (exact) mass is 348 g/mol. The fourth-order valence-corrected chi connectivity index (χ4v) is 3.49. The second kappa shape index (κ2) is 8.26. The third kappa shape index (κ3) is 4.06. The van der Waals surface area contributed by atoms with Crippen molar-refractivity contribution >= 4 is 22.5 Å². The van der Waals surface area contributed by atoms with E-state index in [1.807, 2.05) is 18.2 Å². The molecule has 4 nitrogen and oxygen atoms in total. The van der Waals surface area contributed by atoms with Crippen LogP contribution in [0, 0.1) is 6.92 Å². The van der Waals surface area contributed by atoms with Crippen molar-refractivity contribution in [2.45, 2.75) is 38.8 Å². The van der Waals surface area contributed by atoms with Gasteiger partial charge in [0.25, 0.3) is 0 Å². The molecule has 3 rings (SSSR count). The van der Waals surface area contributed by atoms with Crippen LogP contribution < -0.4 is 0 Å². The van der Waals surface area contributed by atoms with Crippen molar-refractivity contribution in [1.82, 2.24) is 9.88 Å². The zero-order valence-corrected chi connectivity index (χ0v) is 14.9. The van der Waals surface area contributed by atoms with E-state index in [9.17, 15) is 0 Å². The molecule has 2 aromatic rings. The number of aryl methyl sites for hydroxylation is 1. The van der Waals surface area contributed by atoms with Gasteiger partial charge in [0.15, 0.2) is 0 Å². The summed E-state index contributed by atoms with van der Waals surface area (Å²) in [6.07, 6.45) is 3.08. The van der Waals surface area contributed by atoms with Crippen molar-refractivity contribution < 1.29 is 9.84 Å². The number of hydrogen-bond donors (Lipinski definition) is 1. The fraction of sp³-hybridized carbons (Fsp3) is 0.526. The predicted molar refractivity (Wildman–Crippen MR) is 97.4 cm³/mol. The molecule has 24 heavy (non-hydrogen) atoms. The van der Waals surface area contributed by atoms with Gasteiger partial charge < -0.3 is 9.84 Å². The molecule has 1 aliphatic heterocycles. The maximum Gasteiger partial charge on any atom is 0.0740 e. The van der Waals surface area contributed by atoms with Crippen LogP contribution in [0.4, 0.5) is 0 Å². The Kier molecular flexibility index (Phi) is 6.06. The summed E-state index contributed by atoms with van der Waals surface area (Å²) in [4.78, 5) is 7.17. The van der Waals surface area contributed by atoms with Crippen LogP contribution in [0.1, 0.15) is 30.5 Å². The topological polar surface area (TPSA) is 45.6 Å². The van der Waals surface area contributed by atoms with Crippen LogP contribution in [0.3, 0.4) is 0 Å². The zero-order valence-electron chi connectivity index (χ0n) is 14.2. The Morgan fingerprint density at radius 2 is 2.04 bits per heavy atom. The SMILES string of the molecule is Cc1c(Cl)c(CN2CCC(OCCCO)CC2)nc2ccccc12. The molecule has 1 aromatic carbocycles. The lowest BCUT2D eigenvalue weighted by molar-refractivity contribution is 0.000595. The molecule has 1 saturated heterocycles. The number of rotatable bonds is 6. The molecule has 5 heteroatoms. The first-order chi connectivity index (χ1) is 11.7. The van der Waals surface area contributed by atoms with Crippen LogP contribution in [0.5, 0.6) is 0 Å². The highest BCUT2D eigenvalue weighted by Gasteiger charge is 2.21. The van der Waals surface area contributed by atoms with E-state index < -0.39 is 0 Å². The summed E-state index contributed by atoms with van der Waals surface area (Å²) in [5.74, 6) is 0. The van der Waals surface area contributed by atoms with E-state index in [0.717, 1.165) is 66.1 Å². The van der Waals surface area contributed by atoms with Gasteiger partial charge in [-0.3, -0.25) is 4.90 Å². The summed E-state index contributed by atoms with van der Waals surface area (Å²) >= 11 is 6.57. The molecule has 0 aliphatic carbocycles. The zero-order chi connectivity index (χ0) is 16.9. The maximum absolute atomic E-state index is 8.82. The Balaban J connectivity index is 1.63. The van der Waals surface area contributed by atoms with Gasteiger partial charge in [-0.05, 0) is 37.8 Å². The first-order valence-corrected chi connectivity index (χ1v) is 9.05. The summed E-state index contributed by atoms with van der Waals surface area (Å²) < 4.78 is 5.79. The second-order valence-electron chi connectivity index (χ2n) is 6.44.